The van der Waals surface area contributed by atoms with Crippen molar-refractivity contribution in [3.05, 3.63) is 23.9 Å². The van der Waals surface area contributed by atoms with Gasteiger partial charge >= 0.3 is 0 Å². The molecule has 0 amide bonds. The number of hydrogen-bond donors (Lipinski definition) is 1. The predicted molar refractivity (Wildman–Crippen MR) is 81.4 cm³/mol. The number of pyridine rings is 1. The third-order valence-electron chi connectivity index (χ3n) is 4.20. The van der Waals surface area contributed by atoms with E-state index in [2.05, 4.69) is 36.8 Å². The van der Waals surface area contributed by atoms with Crippen LogP contribution in [0, 0.1) is 5.92 Å². The summed E-state index contributed by atoms with van der Waals surface area (Å²) in [6, 6.07) is 4.99. The van der Waals surface area contributed by atoms with Crippen molar-refractivity contribution < 1.29 is 0 Å². The molecule has 0 bridgehead atoms. The maximum absolute atomic E-state index is 5.95. The Balaban J connectivity index is 2.15. The Kier molecular flexibility index (Phi) is 4.81. The van der Waals surface area contributed by atoms with Crippen LogP contribution in [-0.2, 0) is 6.42 Å². The molecule has 3 atom stereocenters. The van der Waals surface area contributed by atoms with E-state index in [1.807, 2.05) is 12.3 Å². The Bertz CT molecular complexity index is 403. The largest absolute Gasteiger partial charge is 0.356 e. The number of nitrogens with two attached hydrogens (primary N) is 1. The molecule has 1 saturated carbocycles. The van der Waals surface area contributed by atoms with Crippen LogP contribution in [0.5, 0.6) is 0 Å². The zero-order valence-electron chi connectivity index (χ0n) is 12.5. The Morgan fingerprint density at radius 3 is 2.95 bits per heavy atom. The summed E-state index contributed by atoms with van der Waals surface area (Å²) in [4.78, 5) is 6.98. The van der Waals surface area contributed by atoms with Crippen LogP contribution < -0.4 is 10.6 Å². The summed E-state index contributed by atoms with van der Waals surface area (Å²) in [6.07, 6.45) is 8.07. The average molecular weight is 261 g/mol. The van der Waals surface area contributed by atoms with Gasteiger partial charge in [0.05, 0.1) is 0 Å². The van der Waals surface area contributed by atoms with Crippen molar-refractivity contribution in [2.75, 3.05) is 11.9 Å². The molecule has 0 spiro atoms. The fourth-order valence-corrected chi connectivity index (χ4v) is 3.18. The lowest BCUT2D eigenvalue weighted by Gasteiger charge is -2.35. The molecule has 1 aromatic heterocycles. The van der Waals surface area contributed by atoms with Gasteiger partial charge in [-0.1, -0.05) is 25.8 Å². The van der Waals surface area contributed by atoms with Crippen molar-refractivity contribution in [3.8, 4) is 0 Å². The smallest absolute Gasteiger partial charge is 0.131 e. The van der Waals surface area contributed by atoms with Crippen LogP contribution in [0.2, 0.25) is 0 Å². The summed E-state index contributed by atoms with van der Waals surface area (Å²) in [6.45, 7) is 4.42. The minimum atomic E-state index is 0.182. The zero-order chi connectivity index (χ0) is 13.8. The summed E-state index contributed by atoms with van der Waals surface area (Å²) in [5.74, 6) is 1.96. The van der Waals surface area contributed by atoms with Crippen LogP contribution in [0.3, 0.4) is 0 Å². The lowest BCUT2D eigenvalue weighted by molar-refractivity contribution is 0.335. The van der Waals surface area contributed by atoms with Gasteiger partial charge in [0.15, 0.2) is 0 Å². The van der Waals surface area contributed by atoms with Gasteiger partial charge in [-0.05, 0) is 43.7 Å². The molecule has 2 N–H and O–H groups in total. The van der Waals surface area contributed by atoms with Gasteiger partial charge in [-0.3, -0.25) is 0 Å². The molecular weight excluding hydrogens is 234 g/mol. The number of anilines is 1. The first-order chi connectivity index (χ1) is 9.08. The van der Waals surface area contributed by atoms with E-state index in [9.17, 15) is 0 Å². The second-order valence-electron chi connectivity index (χ2n) is 6.20. The standard InChI is InChI=1S/C16H27N3/c1-12-6-4-8-15(10-12)19(3)16-14(11-13(2)17)7-5-9-18-16/h5,7,9,12-13,15H,4,6,8,10-11,17H2,1-3H3. The highest BCUT2D eigenvalue weighted by atomic mass is 15.2. The van der Waals surface area contributed by atoms with Crippen molar-refractivity contribution in [2.24, 2.45) is 11.7 Å². The molecule has 3 heteroatoms. The van der Waals surface area contributed by atoms with Crippen LogP contribution in [-0.4, -0.2) is 24.1 Å². The molecule has 2 rings (SSSR count). The lowest BCUT2D eigenvalue weighted by atomic mass is 9.86. The number of nitrogens with zero attached hydrogens (tertiary/aromatic N) is 2. The third kappa shape index (κ3) is 3.69. The van der Waals surface area contributed by atoms with Gasteiger partial charge in [-0.2, -0.15) is 0 Å². The zero-order valence-corrected chi connectivity index (χ0v) is 12.5. The van der Waals surface area contributed by atoms with Gasteiger partial charge in [0.2, 0.25) is 0 Å². The minimum Gasteiger partial charge on any atom is -0.356 e. The molecule has 0 aromatic carbocycles. The van der Waals surface area contributed by atoms with Crippen molar-refractivity contribution in [3.63, 3.8) is 0 Å². The van der Waals surface area contributed by atoms with Crippen molar-refractivity contribution in [1.29, 1.82) is 0 Å². The highest BCUT2D eigenvalue weighted by Crippen LogP contribution is 2.30. The quantitative estimate of drug-likeness (QED) is 0.906. The van der Waals surface area contributed by atoms with Gasteiger partial charge in [0, 0.05) is 25.3 Å². The highest BCUT2D eigenvalue weighted by molar-refractivity contribution is 5.47. The molecule has 19 heavy (non-hydrogen) atoms. The molecular formula is C16H27N3. The molecule has 1 aromatic rings. The molecule has 0 saturated heterocycles. The predicted octanol–water partition coefficient (Wildman–Crippen LogP) is 2.99. The molecule has 3 unspecified atom stereocenters. The van der Waals surface area contributed by atoms with Gasteiger partial charge in [-0.25, -0.2) is 4.98 Å². The van der Waals surface area contributed by atoms with Crippen LogP contribution in [0.15, 0.2) is 18.3 Å². The Morgan fingerprint density at radius 1 is 1.47 bits per heavy atom. The molecule has 1 aliphatic rings. The fraction of sp³-hybridized carbons (Fsp3) is 0.688. The van der Waals surface area contributed by atoms with Gasteiger partial charge in [0.1, 0.15) is 5.82 Å². The lowest BCUT2D eigenvalue weighted by Crippen LogP contribution is -2.37. The van der Waals surface area contributed by atoms with Crippen molar-refractivity contribution in [2.45, 2.75) is 58.0 Å². The van der Waals surface area contributed by atoms with E-state index < -0.39 is 0 Å². The Labute approximate surface area is 117 Å². The first-order valence-corrected chi connectivity index (χ1v) is 7.50. The average Bonchev–Trinajstić information content (AvgIpc) is 2.38. The van der Waals surface area contributed by atoms with Crippen LogP contribution >= 0.6 is 0 Å². The van der Waals surface area contributed by atoms with E-state index in [0.29, 0.717) is 6.04 Å². The fourth-order valence-electron chi connectivity index (χ4n) is 3.18. The summed E-state index contributed by atoms with van der Waals surface area (Å²) in [7, 11) is 2.19. The molecule has 1 heterocycles. The first kappa shape index (κ1) is 14.3. The maximum atomic E-state index is 5.95. The van der Waals surface area contributed by atoms with Crippen LogP contribution in [0.25, 0.3) is 0 Å². The third-order valence-corrected chi connectivity index (χ3v) is 4.20. The normalized spacial score (nSPS) is 25.1. The Morgan fingerprint density at radius 2 is 2.26 bits per heavy atom. The van der Waals surface area contributed by atoms with E-state index in [1.54, 1.807) is 0 Å². The van der Waals surface area contributed by atoms with Crippen LogP contribution in [0.1, 0.15) is 45.1 Å². The van der Waals surface area contributed by atoms with E-state index in [1.165, 1.54) is 31.2 Å². The van der Waals surface area contributed by atoms with Crippen molar-refractivity contribution in [1.82, 2.24) is 4.98 Å². The van der Waals surface area contributed by atoms with E-state index >= 15 is 0 Å². The van der Waals surface area contributed by atoms with Gasteiger partial charge < -0.3 is 10.6 Å². The van der Waals surface area contributed by atoms with E-state index in [-0.39, 0.29) is 6.04 Å². The summed E-state index contributed by atoms with van der Waals surface area (Å²) in [5.41, 5.74) is 7.22. The molecule has 3 nitrogen and oxygen atoms in total. The summed E-state index contributed by atoms with van der Waals surface area (Å²) < 4.78 is 0. The summed E-state index contributed by atoms with van der Waals surface area (Å²) in [5, 5.41) is 0. The number of rotatable bonds is 4. The van der Waals surface area contributed by atoms with E-state index in [4.69, 9.17) is 5.73 Å². The van der Waals surface area contributed by atoms with Gasteiger partial charge in [0.25, 0.3) is 0 Å². The van der Waals surface area contributed by atoms with Crippen LogP contribution in [0.4, 0.5) is 5.82 Å². The topological polar surface area (TPSA) is 42.1 Å². The number of hydrogen-bond acceptors (Lipinski definition) is 3. The monoisotopic (exact) mass is 261 g/mol. The van der Waals surface area contributed by atoms with Gasteiger partial charge in [-0.15, -0.1) is 0 Å². The molecule has 0 aliphatic heterocycles. The Hall–Kier alpha value is -1.09. The minimum absolute atomic E-state index is 0.182. The van der Waals surface area contributed by atoms with Crippen molar-refractivity contribution >= 4 is 5.82 Å². The number of aromatic nitrogens is 1. The maximum Gasteiger partial charge on any atom is 0.131 e. The molecule has 1 aliphatic carbocycles. The second-order valence-corrected chi connectivity index (χ2v) is 6.20. The first-order valence-electron chi connectivity index (χ1n) is 7.50. The van der Waals surface area contributed by atoms with E-state index in [0.717, 1.165) is 18.2 Å². The summed E-state index contributed by atoms with van der Waals surface area (Å²) >= 11 is 0. The second kappa shape index (κ2) is 6.38. The SMILES string of the molecule is CC(N)Cc1cccnc1N(C)C1CCCC(C)C1. The highest BCUT2D eigenvalue weighted by Gasteiger charge is 2.24. The molecule has 106 valence electrons. The molecule has 1 fully saturated rings. The molecule has 0 radical (unpaired) electrons.